The first-order valence-electron chi connectivity index (χ1n) is 4.49. The van der Waals surface area contributed by atoms with Gasteiger partial charge in [-0.2, -0.15) is 5.10 Å². The van der Waals surface area contributed by atoms with Crippen LogP contribution in [0.2, 0.25) is 0 Å². The Kier molecular flexibility index (Phi) is 3.31. The first-order chi connectivity index (χ1) is 6.38. The normalized spacial score (nSPS) is 11.8. The molecule has 0 aliphatic rings. The Bertz CT molecular complexity index is 293. The Morgan fingerprint density at radius 1 is 1.50 bits per heavy atom. The van der Waals surface area contributed by atoms with Gasteiger partial charge in [-0.3, -0.25) is 4.68 Å². The zero-order chi connectivity index (χ0) is 10.8. The summed E-state index contributed by atoms with van der Waals surface area (Å²) in [6, 6.07) is 0. The molecule has 0 aliphatic heterocycles. The maximum absolute atomic E-state index is 9.46. The zero-order valence-corrected chi connectivity index (χ0v) is 8.38. The molecule has 0 aliphatic carbocycles. The van der Waals surface area contributed by atoms with Crippen LogP contribution in [0.3, 0.4) is 0 Å². The molecule has 5 nitrogen and oxygen atoms in total. The topological polar surface area (TPSA) is 78.5 Å². The van der Waals surface area contributed by atoms with Gasteiger partial charge < -0.3 is 15.2 Å². The summed E-state index contributed by atoms with van der Waals surface area (Å²) >= 11 is 0. The quantitative estimate of drug-likeness (QED) is 0.526. The summed E-state index contributed by atoms with van der Waals surface area (Å²) in [5.74, 6) is 0. The minimum absolute atomic E-state index is 0.362. The van der Waals surface area contributed by atoms with Gasteiger partial charge in [-0.25, -0.2) is 0 Å². The largest absolute Gasteiger partial charge is 0.491 e. The number of aromatic nitrogens is 2. The molecule has 78 valence electrons. The first-order valence-corrected chi connectivity index (χ1v) is 4.49. The molecular formula is C8H15BN2O3. The second-order valence-corrected chi connectivity index (χ2v) is 3.97. The summed E-state index contributed by atoms with van der Waals surface area (Å²) in [7, 11) is -1.48. The van der Waals surface area contributed by atoms with Crippen molar-refractivity contribution in [3.05, 3.63) is 12.4 Å². The molecule has 1 heterocycles. The molecule has 0 radical (unpaired) electrons. The van der Waals surface area contributed by atoms with Gasteiger partial charge in [0.2, 0.25) is 0 Å². The number of nitrogens with zero attached hydrogens (tertiary/aromatic N) is 2. The summed E-state index contributed by atoms with van der Waals surface area (Å²) in [5, 5.41) is 31.0. The van der Waals surface area contributed by atoms with E-state index >= 15 is 0 Å². The third-order valence-electron chi connectivity index (χ3n) is 1.90. The number of aliphatic hydroxyl groups is 1. The molecule has 6 heteroatoms. The molecule has 14 heavy (non-hydrogen) atoms. The van der Waals surface area contributed by atoms with Crippen LogP contribution in [0.1, 0.15) is 20.3 Å². The van der Waals surface area contributed by atoms with E-state index in [9.17, 15) is 5.11 Å². The minimum Gasteiger partial charge on any atom is -0.423 e. The Labute approximate surface area is 83.1 Å². The molecule has 0 atom stereocenters. The van der Waals surface area contributed by atoms with E-state index in [4.69, 9.17) is 10.0 Å². The van der Waals surface area contributed by atoms with Crippen molar-refractivity contribution in [3.63, 3.8) is 0 Å². The lowest BCUT2D eigenvalue weighted by Crippen LogP contribution is -2.28. The molecular weight excluding hydrogens is 183 g/mol. The maximum atomic E-state index is 9.46. The van der Waals surface area contributed by atoms with Crippen molar-refractivity contribution in [2.24, 2.45) is 0 Å². The highest BCUT2D eigenvalue weighted by atomic mass is 16.4. The van der Waals surface area contributed by atoms with Crippen molar-refractivity contribution in [3.8, 4) is 0 Å². The molecule has 3 N–H and O–H groups in total. The molecule has 0 amide bonds. The van der Waals surface area contributed by atoms with Crippen LogP contribution in [0.25, 0.3) is 0 Å². The van der Waals surface area contributed by atoms with Crippen LogP contribution in [0, 0.1) is 0 Å². The fourth-order valence-corrected chi connectivity index (χ4v) is 1.02. The maximum Gasteiger partial charge on any atom is 0.491 e. The van der Waals surface area contributed by atoms with Gasteiger partial charge in [-0.15, -0.1) is 0 Å². The third kappa shape index (κ3) is 3.49. The monoisotopic (exact) mass is 198 g/mol. The lowest BCUT2D eigenvalue weighted by molar-refractivity contribution is 0.0651. The second kappa shape index (κ2) is 4.12. The Hall–Kier alpha value is -0.845. The van der Waals surface area contributed by atoms with Gasteiger partial charge in [0.15, 0.2) is 0 Å². The van der Waals surface area contributed by atoms with E-state index in [0.717, 1.165) is 0 Å². The van der Waals surface area contributed by atoms with E-state index < -0.39 is 12.7 Å². The van der Waals surface area contributed by atoms with Crippen molar-refractivity contribution in [1.82, 2.24) is 9.78 Å². The summed E-state index contributed by atoms with van der Waals surface area (Å²) in [6.45, 7) is 3.99. The molecule has 0 bridgehead atoms. The van der Waals surface area contributed by atoms with Gasteiger partial charge in [0.25, 0.3) is 0 Å². The lowest BCUT2D eigenvalue weighted by atomic mass is 9.83. The molecule has 1 rings (SSSR count). The Morgan fingerprint density at radius 3 is 2.57 bits per heavy atom. The van der Waals surface area contributed by atoms with Gasteiger partial charge >= 0.3 is 7.12 Å². The highest BCUT2D eigenvalue weighted by molar-refractivity contribution is 6.58. The molecule has 0 spiro atoms. The molecule has 0 saturated heterocycles. The minimum atomic E-state index is -1.48. The van der Waals surface area contributed by atoms with E-state index in [0.29, 0.717) is 18.4 Å². The van der Waals surface area contributed by atoms with Gasteiger partial charge in [-0.05, 0) is 20.3 Å². The molecule has 1 aromatic heterocycles. The van der Waals surface area contributed by atoms with E-state index in [2.05, 4.69) is 5.10 Å². The van der Waals surface area contributed by atoms with Gasteiger partial charge in [-0.1, -0.05) is 0 Å². The molecule has 0 fully saturated rings. The average Bonchev–Trinajstić information content (AvgIpc) is 2.47. The Morgan fingerprint density at radius 2 is 2.14 bits per heavy atom. The van der Waals surface area contributed by atoms with E-state index in [1.54, 1.807) is 24.7 Å². The van der Waals surface area contributed by atoms with Crippen LogP contribution in [-0.2, 0) is 6.54 Å². The van der Waals surface area contributed by atoms with Crippen LogP contribution >= 0.6 is 0 Å². The fourth-order valence-electron chi connectivity index (χ4n) is 1.02. The number of hydrogen-bond acceptors (Lipinski definition) is 4. The summed E-state index contributed by atoms with van der Waals surface area (Å²) in [6.07, 6.45) is 3.51. The average molecular weight is 198 g/mol. The van der Waals surface area contributed by atoms with Crippen molar-refractivity contribution >= 4 is 12.6 Å². The zero-order valence-electron chi connectivity index (χ0n) is 8.38. The number of hydrogen-bond donors (Lipinski definition) is 3. The van der Waals surface area contributed by atoms with Crippen molar-refractivity contribution in [2.45, 2.75) is 32.4 Å². The lowest BCUT2D eigenvalue weighted by Gasteiger charge is -2.16. The second-order valence-electron chi connectivity index (χ2n) is 3.97. The van der Waals surface area contributed by atoms with E-state index in [1.807, 2.05) is 0 Å². The summed E-state index contributed by atoms with van der Waals surface area (Å²) < 4.78 is 1.58. The predicted molar refractivity (Wildman–Crippen MR) is 53.0 cm³/mol. The van der Waals surface area contributed by atoms with E-state index in [-0.39, 0.29) is 0 Å². The standard InChI is InChI=1S/C8H15BN2O3/c1-8(2,12)3-4-11-6-7(5-10-11)9(13)14/h5-6,12-14H,3-4H2,1-2H3. The highest BCUT2D eigenvalue weighted by Gasteiger charge is 2.15. The summed E-state index contributed by atoms with van der Waals surface area (Å²) in [4.78, 5) is 0. The van der Waals surface area contributed by atoms with Gasteiger partial charge in [0, 0.05) is 24.4 Å². The Balaban J connectivity index is 2.52. The fraction of sp³-hybridized carbons (Fsp3) is 0.625. The van der Waals surface area contributed by atoms with Crippen LogP contribution in [0.15, 0.2) is 12.4 Å². The van der Waals surface area contributed by atoms with Crippen molar-refractivity contribution in [2.75, 3.05) is 0 Å². The van der Waals surface area contributed by atoms with Gasteiger partial charge in [0.1, 0.15) is 0 Å². The number of aryl methyl sites for hydroxylation is 1. The number of rotatable bonds is 4. The molecule has 0 unspecified atom stereocenters. The third-order valence-corrected chi connectivity index (χ3v) is 1.90. The van der Waals surface area contributed by atoms with Crippen LogP contribution < -0.4 is 5.46 Å². The van der Waals surface area contributed by atoms with Gasteiger partial charge in [0.05, 0.1) is 5.60 Å². The molecule has 0 saturated carbocycles. The van der Waals surface area contributed by atoms with Crippen LogP contribution in [0.5, 0.6) is 0 Å². The summed E-state index contributed by atoms with van der Waals surface area (Å²) in [5.41, 5.74) is -0.370. The first kappa shape index (κ1) is 11.2. The molecule has 1 aromatic rings. The SMILES string of the molecule is CC(C)(O)CCn1cc(B(O)O)cn1. The van der Waals surface area contributed by atoms with Crippen LogP contribution in [0.4, 0.5) is 0 Å². The highest BCUT2D eigenvalue weighted by Crippen LogP contribution is 2.07. The smallest absolute Gasteiger partial charge is 0.423 e. The molecule has 0 aromatic carbocycles. The van der Waals surface area contributed by atoms with Crippen molar-refractivity contribution in [1.29, 1.82) is 0 Å². The predicted octanol–water partition coefficient (Wildman–Crippen LogP) is -1.28. The van der Waals surface area contributed by atoms with Crippen LogP contribution in [-0.4, -0.2) is 37.7 Å². The van der Waals surface area contributed by atoms with Crippen molar-refractivity contribution < 1.29 is 15.2 Å². The van der Waals surface area contributed by atoms with E-state index in [1.165, 1.54) is 6.20 Å².